The van der Waals surface area contributed by atoms with Gasteiger partial charge in [-0.15, -0.1) is 0 Å². The minimum Gasteiger partial charge on any atom is -0.487 e. The topological polar surface area (TPSA) is 48.2 Å². The van der Waals surface area contributed by atoms with E-state index in [1.165, 1.54) is 11.1 Å². The van der Waals surface area contributed by atoms with Crippen LogP contribution in [0, 0.1) is 6.92 Å². The zero-order valence-electron chi connectivity index (χ0n) is 18.0. The van der Waals surface area contributed by atoms with Crippen LogP contribution < -0.4 is 4.74 Å². The molecule has 28 heavy (non-hydrogen) atoms. The number of benzene rings is 1. The molecule has 1 aromatic carbocycles. The molecule has 4 heteroatoms. The number of oxazole rings is 1. The summed E-state index contributed by atoms with van der Waals surface area (Å²) in [7, 11) is 0. The third-order valence-corrected chi connectivity index (χ3v) is 5.72. The van der Waals surface area contributed by atoms with Gasteiger partial charge in [0.25, 0.3) is 0 Å². The van der Waals surface area contributed by atoms with E-state index in [4.69, 9.17) is 9.15 Å². The second-order valence-corrected chi connectivity index (χ2v) is 10.1. The molecule has 0 aliphatic carbocycles. The molecule has 1 unspecified atom stereocenters. The van der Waals surface area contributed by atoms with Crippen molar-refractivity contribution in [3.05, 3.63) is 53.2 Å². The average Bonchev–Trinajstić information content (AvgIpc) is 3.09. The summed E-state index contributed by atoms with van der Waals surface area (Å²) in [4.78, 5) is 9.09. The van der Waals surface area contributed by atoms with Gasteiger partial charge in [0.2, 0.25) is 0 Å². The molecular weight excluding hydrogens is 348 g/mol. The van der Waals surface area contributed by atoms with E-state index in [0.29, 0.717) is 5.89 Å². The van der Waals surface area contributed by atoms with Crippen molar-refractivity contribution in [2.75, 3.05) is 0 Å². The Hall–Kier alpha value is -2.36. The summed E-state index contributed by atoms with van der Waals surface area (Å²) < 4.78 is 12.3. The number of aryl methyl sites for hydroxylation is 1. The molecule has 3 aromatic rings. The molecule has 4 rings (SSSR count). The minimum absolute atomic E-state index is 0.00462. The van der Waals surface area contributed by atoms with Crippen molar-refractivity contribution in [3.8, 4) is 5.75 Å². The number of rotatable bonds is 3. The van der Waals surface area contributed by atoms with Gasteiger partial charge in [0, 0.05) is 30.5 Å². The molecule has 1 atom stereocenters. The number of fused-ring (bicyclic) bond motifs is 2. The second-order valence-electron chi connectivity index (χ2n) is 10.1. The Morgan fingerprint density at radius 1 is 1.11 bits per heavy atom. The maximum atomic E-state index is 6.50. The molecule has 0 amide bonds. The molecule has 1 aliphatic heterocycles. The van der Waals surface area contributed by atoms with Crippen LogP contribution in [-0.2, 0) is 17.3 Å². The van der Waals surface area contributed by atoms with Crippen LogP contribution in [0.25, 0.3) is 11.1 Å². The molecule has 0 N–H and O–H groups in total. The lowest BCUT2D eigenvalue weighted by Crippen LogP contribution is -2.38. The van der Waals surface area contributed by atoms with E-state index in [0.717, 1.165) is 35.4 Å². The Labute approximate surface area is 167 Å². The fourth-order valence-electron chi connectivity index (χ4n) is 4.66. The summed E-state index contributed by atoms with van der Waals surface area (Å²) in [6.45, 7) is 15.3. The zero-order chi connectivity index (χ0) is 20.3. The first-order valence-electron chi connectivity index (χ1n) is 10.0. The smallest absolute Gasteiger partial charge is 0.192 e. The van der Waals surface area contributed by atoms with Crippen LogP contribution in [-0.4, -0.2) is 15.6 Å². The lowest BCUT2D eigenvalue weighted by atomic mass is 9.74. The Morgan fingerprint density at radius 3 is 2.57 bits per heavy atom. The van der Waals surface area contributed by atoms with Crippen LogP contribution in [0.3, 0.4) is 0 Å². The first kappa shape index (κ1) is 19.0. The third-order valence-electron chi connectivity index (χ3n) is 5.72. The van der Waals surface area contributed by atoms with Crippen molar-refractivity contribution in [1.29, 1.82) is 0 Å². The van der Waals surface area contributed by atoms with E-state index in [9.17, 15) is 0 Å². The summed E-state index contributed by atoms with van der Waals surface area (Å²) in [6.07, 6.45) is 3.66. The van der Waals surface area contributed by atoms with Gasteiger partial charge in [-0.25, -0.2) is 4.98 Å². The molecule has 2 aromatic heterocycles. The second kappa shape index (κ2) is 6.07. The van der Waals surface area contributed by atoms with Gasteiger partial charge in [0.05, 0.1) is 5.69 Å². The zero-order valence-corrected chi connectivity index (χ0v) is 18.0. The highest BCUT2D eigenvalue weighted by atomic mass is 16.5. The first-order chi connectivity index (χ1) is 13.0. The number of aromatic nitrogens is 2. The standard InChI is InChI=1S/C24H30N2O2/c1-15-26-18-9-8-16(12-20(18)27-15)23(5,6)14-24(7)13-17-19(28-24)10-11-25-21(17)22(2,3)4/h8-12H,13-14H2,1-7H3. The summed E-state index contributed by atoms with van der Waals surface area (Å²) >= 11 is 0. The van der Waals surface area contributed by atoms with E-state index < -0.39 is 0 Å². The van der Waals surface area contributed by atoms with E-state index >= 15 is 0 Å². The van der Waals surface area contributed by atoms with Crippen LogP contribution in [0.15, 0.2) is 34.9 Å². The summed E-state index contributed by atoms with van der Waals surface area (Å²) in [6, 6.07) is 8.35. The quantitative estimate of drug-likeness (QED) is 0.570. The largest absolute Gasteiger partial charge is 0.487 e. The van der Waals surface area contributed by atoms with Gasteiger partial charge in [-0.3, -0.25) is 4.98 Å². The van der Waals surface area contributed by atoms with Gasteiger partial charge >= 0.3 is 0 Å². The Kier molecular flexibility index (Phi) is 4.11. The summed E-state index contributed by atoms with van der Waals surface area (Å²) in [5.74, 6) is 1.69. The molecule has 3 heterocycles. The van der Waals surface area contributed by atoms with Crippen LogP contribution >= 0.6 is 0 Å². The molecule has 0 bridgehead atoms. The van der Waals surface area contributed by atoms with Crippen molar-refractivity contribution in [3.63, 3.8) is 0 Å². The van der Waals surface area contributed by atoms with Crippen molar-refractivity contribution >= 4 is 11.1 Å². The van der Waals surface area contributed by atoms with Gasteiger partial charge in [0.15, 0.2) is 11.5 Å². The van der Waals surface area contributed by atoms with Gasteiger partial charge in [-0.05, 0) is 42.5 Å². The lowest BCUT2D eigenvalue weighted by molar-refractivity contribution is 0.0816. The third kappa shape index (κ3) is 3.30. The molecule has 4 nitrogen and oxygen atoms in total. The van der Waals surface area contributed by atoms with Gasteiger partial charge in [0.1, 0.15) is 16.9 Å². The summed E-state index contributed by atoms with van der Waals surface area (Å²) in [5, 5.41) is 0. The number of ether oxygens (including phenoxy) is 1. The molecule has 148 valence electrons. The average molecular weight is 379 g/mol. The predicted molar refractivity (Wildman–Crippen MR) is 112 cm³/mol. The van der Waals surface area contributed by atoms with E-state index in [2.05, 4.69) is 69.7 Å². The van der Waals surface area contributed by atoms with Crippen molar-refractivity contribution in [1.82, 2.24) is 9.97 Å². The fraction of sp³-hybridized carbons (Fsp3) is 0.500. The van der Waals surface area contributed by atoms with Crippen LogP contribution in [0.4, 0.5) is 0 Å². The van der Waals surface area contributed by atoms with Gasteiger partial charge in [-0.1, -0.05) is 40.7 Å². The molecule has 0 radical (unpaired) electrons. The highest BCUT2D eigenvalue weighted by Crippen LogP contribution is 2.45. The highest BCUT2D eigenvalue weighted by Gasteiger charge is 2.42. The lowest BCUT2D eigenvalue weighted by Gasteiger charge is -2.34. The number of hydrogen-bond donors (Lipinski definition) is 0. The van der Waals surface area contributed by atoms with Crippen molar-refractivity contribution in [2.24, 2.45) is 0 Å². The highest BCUT2D eigenvalue weighted by molar-refractivity contribution is 5.73. The van der Waals surface area contributed by atoms with E-state index in [1.54, 1.807) is 0 Å². The van der Waals surface area contributed by atoms with Gasteiger partial charge < -0.3 is 9.15 Å². The Balaban J connectivity index is 1.63. The van der Waals surface area contributed by atoms with Crippen LogP contribution in [0.5, 0.6) is 5.75 Å². The van der Waals surface area contributed by atoms with Crippen molar-refractivity contribution < 1.29 is 9.15 Å². The number of hydrogen-bond acceptors (Lipinski definition) is 4. The van der Waals surface area contributed by atoms with Gasteiger partial charge in [-0.2, -0.15) is 0 Å². The monoisotopic (exact) mass is 378 g/mol. The number of pyridine rings is 1. The maximum absolute atomic E-state index is 6.50. The summed E-state index contributed by atoms with van der Waals surface area (Å²) in [5.41, 5.74) is 5.08. The molecule has 0 spiro atoms. The molecule has 0 saturated heterocycles. The number of nitrogens with zero attached hydrogens (tertiary/aromatic N) is 2. The van der Waals surface area contributed by atoms with Crippen LogP contribution in [0.1, 0.15) is 70.7 Å². The fourth-order valence-corrected chi connectivity index (χ4v) is 4.66. The van der Waals surface area contributed by atoms with E-state index in [-0.39, 0.29) is 16.4 Å². The maximum Gasteiger partial charge on any atom is 0.192 e. The Morgan fingerprint density at radius 2 is 1.86 bits per heavy atom. The molecule has 1 aliphatic rings. The normalized spacial score (nSPS) is 19.7. The Bertz CT molecular complexity index is 1040. The minimum atomic E-state index is -0.263. The SMILES string of the molecule is Cc1nc2ccc(C(C)(C)CC3(C)Cc4c(ccnc4C(C)(C)C)O3)cc2o1. The van der Waals surface area contributed by atoms with Crippen molar-refractivity contribution in [2.45, 2.75) is 77.7 Å². The first-order valence-corrected chi connectivity index (χ1v) is 10.0. The molecule has 0 fully saturated rings. The van der Waals surface area contributed by atoms with Crippen LogP contribution in [0.2, 0.25) is 0 Å². The molecule has 0 saturated carbocycles. The molecular formula is C24H30N2O2. The van der Waals surface area contributed by atoms with E-state index in [1.807, 2.05) is 19.2 Å². The predicted octanol–water partition coefficient (Wildman–Crippen LogP) is 5.89.